The number of tetrazole rings is 1. The number of aromatic nitrogens is 4. The monoisotopic (exact) mass is 571 g/mol. The maximum Gasteiger partial charge on any atom is 0.214 e. The van der Waals surface area contributed by atoms with Crippen molar-refractivity contribution in [2.24, 2.45) is 0 Å². The zero-order valence-electron chi connectivity index (χ0n) is 19.7. The van der Waals surface area contributed by atoms with Crippen LogP contribution in [0, 0.1) is 0 Å². The van der Waals surface area contributed by atoms with Crippen molar-refractivity contribution >= 4 is 58.1 Å². The summed E-state index contributed by atoms with van der Waals surface area (Å²) in [5.41, 5.74) is 2.94. The van der Waals surface area contributed by atoms with Crippen LogP contribution in [0.3, 0.4) is 0 Å². The molecule has 5 rings (SSSR count). The van der Waals surface area contributed by atoms with Crippen molar-refractivity contribution in [3.05, 3.63) is 106 Å². The molecule has 0 saturated carbocycles. The molecule has 0 aliphatic heterocycles. The molecule has 1 heterocycles. The van der Waals surface area contributed by atoms with Crippen molar-refractivity contribution in [1.82, 2.24) is 25.5 Å². The molecule has 1 aromatic heterocycles. The van der Waals surface area contributed by atoms with Crippen LogP contribution < -0.4 is 10.1 Å². The van der Waals surface area contributed by atoms with Crippen molar-refractivity contribution in [3.63, 3.8) is 0 Å². The average molecular weight is 573 g/mol. The number of ether oxygens (including phenoxy) is 1. The van der Waals surface area contributed by atoms with Crippen molar-refractivity contribution in [1.29, 1.82) is 0 Å². The van der Waals surface area contributed by atoms with Gasteiger partial charge in [-0.25, -0.2) is 0 Å². The summed E-state index contributed by atoms with van der Waals surface area (Å²) in [6, 6.07) is 27.7. The number of fused-ring (bicyclic) bond motifs is 1. The summed E-state index contributed by atoms with van der Waals surface area (Å²) in [4.78, 5) is 0. The minimum atomic E-state index is 0. The first-order valence-corrected chi connectivity index (χ1v) is 13.2. The van der Waals surface area contributed by atoms with Crippen LogP contribution in [0.1, 0.15) is 11.1 Å². The molecule has 0 fully saturated rings. The number of halogens is 3. The fourth-order valence-corrected chi connectivity index (χ4v) is 5.11. The van der Waals surface area contributed by atoms with Gasteiger partial charge in [0.2, 0.25) is 5.16 Å². The molecule has 190 valence electrons. The molecule has 0 bridgehead atoms. The molecule has 4 aromatic carbocycles. The van der Waals surface area contributed by atoms with Crippen LogP contribution in [0.2, 0.25) is 10.0 Å². The lowest BCUT2D eigenvalue weighted by atomic mass is 10.0. The molecule has 6 nitrogen and oxygen atoms in total. The Hall–Kier alpha value is -2.81. The van der Waals surface area contributed by atoms with Crippen molar-refractivity contribution < 1.29 is 4.74 Å². The Balaban J connectivity index is 0.00000320. The van der Waals surface area contributed by atoms with Gasteiger partial charge in [-0.2, -0.15) is 4.68 Å². The third kappa shape index (κ3) is 6.74. The van der Waals surface area contributed by atoms with Crippen LogP contribution in [0.25, 0.3) is 16.5 Å². The quantitative estimate of drug-likeness (QED) is 0.144. The zero-order chi connectivity index (χ0) is 24.7. The van der Waals surface area contributed by atoms with E-state index in [0.29, 0.717) is 23.2 Å². The lowest BCUT2D eigenvalue weighted by Crippen LogP contribution is -2.18. The largest absolute Gasteiger partial charge is 0.488 e. The number of para-hydroxylation sites is 1. The van der Waals surface area contributed by atoms with Gasteiger partial charge in [0.25, 0.3) is 0 Å². The highest BCUT2D eigenvalue weighted by Gasteiger charge is 2.12. The topological polar surface area (TPSA) is 64.9 Å². The van der Waals surface area contributed by atoms with Crippen LogP contribution in [-0.4, -0.2) is 32.5 Å². The van der Waals surface area contributed by atoms with Gasteiger partial charge in [-0.3, -0.25) is 0 Å². The summed E-state index contributed by atoms with van der Waals surface area (Å²) in [6.07, 6.45) is 0. The molecule has 0 atom stereocenters. The Labute approximate surface area is 235 Å². The van der Waals surface area contributed by atoms with E-state index < -0.39 is 0 Å². The standard InChI is InChI=1S/C27H23Cl2N5OS.ClH/c28-21-12-10-20(25(29)16-21)18-35-26-13-11-19-6-4-5-9-23(19)24(26)17-30-14-15-36-27-31-32-33-34(27)22-7-2-1-3-8-22;/h1-13,16,30H,14-15,17-18H2;1H. The van der Waals surface area contributed by atoms with Crippen molar-refractivity contribution in [2.75, 3.05) is 12.3 Å². The Bertz CT molecular complexity index is 1470. The molecule has 37 heavy (non-hydrogen) atoms. The summed E-state index contributed by atoms with van der Waals surface area (Å²) >= 11 is 14.0. The van der Waals surface area contributed by atoms with E-state index in [4.69, 9.17) is 27.9 Å². The van der Waals surface area contributed by atoms with E-state index in [2.05, 4.69) is 39.0 Å². The fourth-order valence-electron chi connectivity index (χ4n) is 3.86. The summed E-state index contributed by atoms with van der Waals surface area (Å²) < 4.78 is 7.98. The molecule has 5 aromatic rings. The van der Waals surface area contributed by atoms with Gasteiger partial charge in [0.15, 0.2) is 0 Å². The predicted octanol–water partition coefficient (Wildman–Crippen LogP) is 7.01. The summed E-state index contributed by atoms with van der Waals surface area (Å²) in [6.45, 7) is 1.80. The Morgan fingerprint density at radius 2 is 1.73 bits per heavy atom. The second kappa shape index (κ2) is 13.1. The maximum absolute atomic E-state index is 6.35. The second-order valence-electron chi connectivity index (χ2n) is 8.02. The van der Waals surface area contributed by atoms with E-state index in [9.17, 15) is 0 Å². The van der Waals surface area contributed by atoms with E-state index in [-0.39, 0.29) is 12.4 Å². The highest BCUT2D eigenvalue weighted by Crippen LogP contribution is 2.30. The van der Waals surface area contributed by atoms with Crippen LogP contribution in [-0.2, 0) is 13.2 Å². The molecule has 0 unspecified atom stereocenters. The number of thioether (sulfide) groups is 1. The minimum Gasteiger partial charge on any atom is -0.488 e. The first kappa shape index (κ1) is 27.2. The summed E-state index contributed by atoms with van der Waals surface area (Å²) in [7, 11) is 0. The number of rotatable bonds is 10. The lowest BCUT2D eigenvalue weighted by molar-refractivity contribution is 0.303. The highest BCUT2D eigenvalue weighted by atomic mass is 35.5. The molecule has 10 heteroatoms. The van der Waals surface area contributed by atoms with Crippen molar-refractivity contribution in [2.45, 2.75) is 18.3 Å². The predicted molar refractivity (Wildman–Crippen MR) is 154 cm³/mol. The first-order valence-electron chi connectivity index (χ1n) is 11.4. The number of hydrogen-bond acceptors (Lipinski definition) is 6. The molecular weight excluding hydrogens is 549 g/mol. The van der Waals surface area contributed by atoms with Crippen LogP contribution >= 0.6 is 47.4 Å². The van der Waals surface area contributed by atoms with E-state index >= 15 is 0 Å². The van der Waals surface area contributed by atoms with Gasteiger partial charge in [-0.15, -0.1) is 17.5 Å². The van der Waals surface area contributed by atoms with Gasteiger partial charge in [0, 0.05) is 40.0 Å². The molecule has 0 amide bonds. The van der Waals surface area contributed by atoms with Gasteiger partial charge in [0.1, 0.15) is 12.4 Å². The molecule has 1 N–H and O–H groups in total. The zero-order valence-corrected chi connectivity index (χ0v) is 22.8. The average Bonchev–Trinajstić information content (AvgIpc) is 3.37. The third-order valence-corrected chi connectivity index (χ3v) is 7.16. The minimum absolute atomic E-state index is 0. The van der Waals surface area contributed by atoms with E-state index in [1.54, 1.807) is 22.5 Å². The normalized spacial score (nSPS) is 10.9. The van der Waals surface area contributed by atoms with E-state index in [1.807, 2.05) is 60.7 Å². The molecule has 0 aliphatic carbocycles. The molecular formula is C27H24Cl3N5OS. The molecule has 0 saturated heterocycles. The summed E-state index contributed by atoms with van der Waals surface area (Å²) in [5, 5.41) is 20.0. The lowest BCUT2D eigenvalue weighted by Gasteiger charge is -2.16. The van der Waals surface area contributed by atoms with Crippen molar-refractivity contribution in [3.8, 4) is 11.4 Å². The number of nitrogens with zero attached hydrogens (tertiary/aromatic N) is 4. The smallest absolute Gasteiger partial charge is 0.214 e. The Kier molecular flexibility index (Phi) is 9.66. The first-order chi connectivity index (χ1) is 17.7. The SMILES string of the molecule is Cl.Clc1ccc(COc2ccc3ccccc3c2CNCCSc2nnnn2-c2ccccc2)c(Cl)c1. The van der Waals surface area contributed by atoms with E-state index in [1.165, 1.54) is 5.39 Å². The Morgan fingerprint density at radius 1 is 0.919 bits per heavy atom. The van der Waals surface area contributed by atoms with Gasteiger partial charge >= 0.3 is 0 Å². The maximum atomic E-state index is 6.35. The van der Waals surface area contributed by atoms with Crippen LogP contribution in [0.4, 0.5) is 0 Å². The molecule has 0 spiro atoms. The fraction of sp³-hybridized carbons (Fsp3) is 0.148. The second-order valence-corrected chi connectivity index (χ2v) is 9.93. The van der Waals surface area contributed by atoms with Gasteiger partial charge in [-0.1, -0.05) is 89.6 Å². The number of benzene rings is 4. The highest BCUT2D eigenvalue weighted by molar-refractivity contribution is 7.99. The van der Waals surface area contributed by atoms with Crippen LogP contribution in [0.5, 0.6) is 5.75 Å². The van der Waals surface area contributed by atoms with E-state index in [0.717, 1.165) is 45.4 Å². The number of hydrogen-bond donors (Lipinski definition) is 1. The Morgan fingerprint density at radius 3 is 2.57 bits per heavy atom. The molecule has 0 radical (unpaired) electrons. The third-order valence-electron chi connectivity index (χ3n) is 5.65. The molecule has 0 aliphatic rings. The van der Waals surface area contributed by atoms with Gasteiger partial charge < -0.3 is 10.1 Å². The van der Waals surface area contributed by atoms with Crippen LogP contribution in [0.15, 0.2) is 90.1 Å². The number of nitrogens with one attached hydrogen (secondary N) is 1. The van der Waals surface area contributed by atoms with Gasteiger partial charge in [-0.05, 0) is 51.5 Å². The summed E-state index contributed by atoms with van der Waals surface area (Å²) in [5.74, 6) is 1.64. The van der Waals surface area contributed by atoms with Gasteiger partial charge in [0.05, 0.1) is 5.69 Å².